The van der Waals surface area contributed by atoms with Crippen LogP contribution >= 0.6 is 0 Å². The van der Waals surface area contributed by atoms with Crippen LogP contribution in [0.5, 0.6) is 0 Å². The molecule has 0 radical (unpaired) electrons. The van der Waals surface area contributed by atoms with Crippen molar-refractivity contribution in [1.29, 1.82) is 0 Å². The highest BCUT2D eigenvalue weighted by Crippen LogP contribution is 2.28. The zero-order valence-electron chi connectivity index (χ0n) is 12.8. The smallest absolute Gasteiger partial charge is 0.335 e. The number of halogens is 2. The Bertz CT molecular complexity index is 898. The number of aromatic nitrogens is 2. The van der Waals surface area contributed by atoms with Gasteiger partial charge in [0.2, 0.25) is 0 Å². The number of rotatable bonds is 4. The van der Waals surface area contributed by atoms with Gasteiger partial charge in [-0.15, -0.1) is 0 Å². The van der Waals surface area contributed by atoms with Crippen LogP contribution in [0.25, 0.3) is 16.9 Å². The Labute approximate surface area is 137 Å². The summed E-state index contributed by atoms with van der Waals surface area (Å²) >= 11 is 0. The number of carboxylic acid groups (broad SMARTS) is 1. The molecule has 6 heteroatoms. The lowest BCUT2D eigenvalue weighted by molar-refractivity contribution is 0.0174. The quantitative estimate of drug-likeness (QED) is 0.775. The molecule has 1 N–H and O–H groups in total. The van der Waals surface area contributed by atoms with Crippen LogP contribution in [0.2, 0.25) is 0 Å². The molecule has 24 heavy (non-hydrogen) atoms. The number of hydrogen-bond acceptors (Lipinski definition) is 2. The molecule has 1 aromatic heterocycles. The van der Waals surface area contributed by atoms with Gasteiger partial charge in [-0.2, -0.15) is 5.10 Å². The van der Waals surface area contributed by atoms with Gasteiger partial charge in [0, 0.05) is 24.2 Å². The van der Waals surface area contributed by atoms with Crippen LogP contribution in [0, 0.1) is 0 Å². The van der Waals surface area contributed by atoms with Gasteiger partial charge >= 0.3 is 5.97 Å². The van der Waals surface area contributed by atoms with Gasteiger partial charge in [-0.1, -0.05) is 24.3 Å². The van der Waals surface area contributed by atoms with Gasteiger partial charge in [-0.05, 0) is 30.3 Å². The molecule has 0 aliphatic carbocycles. The van der Waals surface area contributed by atoms with Crippen molar-refractivity contribution in [3.05, 3.63) is 71.9 Å². The summed E-state index contributed by atoms with van der Waals surface area (Å²) in [6.45, 7) is 0.845. The topological polar surface area (TPSA) is 55.1 Å². The van der Waals surface area contributed by atoms with Crippen LogP contribution in [0.3, 0.4) is 0 Å². The highest BCUT2D eigenvalue weighted by molar-refractivity contribution is 5.89. The van der Waals surface area contributed by atoms with Crippen molar-refractivity contribution in [3.8, 4) is 16.9 Å². The zero-order chi connectivity index (χ0) is 17.3. The van der Waals surface area contributed by atoms with Crippen molar-refractivity contribution >= 4 is 5.97 Å². The van der Waals surface area contributed by atoms with Gasteiger partial charge < -0.3 is 5.11 Å². The molecule has 3 rings (SSSR count). The van der Waals surface area contributed by atoms with E-state index in [0.717, 1.165) is 6.92 Å². The van der Waals surface area contributed by atoms with Gasteiger partial charge in [0.1, 0.15) is 0 Å². The first kappa shape index (κ1) is 15.9. The maximum absolute atomic E-state index is 13.5. The summed E-state index contributed by atoms with van der Waals surface area (Å²) in [6.07, 6.45) is 1.65. The molecule has 0 unspecified atom stereocenters. The van der Waals surface area contributed by atoms with E-state index in [1.54, 1.807) is 36.5 Å². The fourth-order valence-corrected chi connectivity index (χ4v) is 2.35. The fourth-order valence-electron chi connectivity index (χ4n) is 2.35. The lowest BCUT2D eigenvalue weighted by Gasteiger charge is -2.11. The Morgan fingerprint density at radius 2 is 1.88 bits per heavy atom. The fraction of sp³-hybridized carbons (Fsp3) is 0.111. The number of benzene rings is 2. The molecule has 2 aromatic carbocycles. The minimum absolute atomic E-state index is 0.0927. The third-order valence-electron chi connectivity index (χ3n) is 3.61. The van der Waals surface area contributed by atoms with E-state index in [9.17, 15) is 13.6 Å². The van der Waals surface area contributed by atoms with Gasteiger partial charge in [-0.3, -0.25) is 0 Å². The van der Waals surface area contributed by atoms with E-state index in [1.807, 2.05) is 0 Å². The molecule has 0 saturated heterocycles. The molecule has 0 bridgehead atoms. The maximum Gasteiger partial charge on any atom is 0.335 e. The van der Waals surface area contributed by atoms with Crippen molar-refractivity contribution in [2.45, 2.75) is 12.8 Å². The predicted octanol–water partition coefficient (Wildman–Crippen LogP) is 4.35. The minimum atomic E-state index is -2.93. The van der Waals surface area contributed by atoms with Crippen LogP contribution in [-0.2, 0) is 5.92 Å². The molecule has 122 valence electrons. The Kier molecular flexibility index (Phi) is 3.89. The van der Waals surface area contributed by atoms with Crippen LogP contribution in [-0.4, -0.2) is 20.9 Å². The molecular formula is C18H14F2N2O2. The summed E-state index contributed by atoms with van der Waals surface area (Å²) in [5.41, 5.74) is 1.78. The summed E-state index contributed by atoms with van der Waals surface area (Å²) in [5, 5.41) is 13.4. The Morgan fingerprint density at radius 1 is 1.12 bits per heavy atom. The van der Waals surface area contributed by atoms with Crippen molar-refractivity contribution in [2.24, 2.45) is 0 Å². The molecule has 0 atom stereocenters. The van der Waals surface area contributed by atoms with Gasteiger partial charge in [0.25, 0.3) is 5.92 Å². The molecule has 0 aliphatic heterocycles. The van der Waals surface area contributed by atoms with E-state index < -0.39 is 11.9 Å². The number of hydrogen-bond donors (Lipinski definition) is 1. The molecule has 0 aliphatic rings. The molecule has 3 aromatic rings. The molecule has 0 saturated carbocycles. The summed E-state index contributed by atoms with van der Waals surface area (Å²) in [5.74, 6) is -3.95. The Balaban J connectivity index is 1.97. The third-order valence-corrected chi connectivity index (χ3v) is 3.61. The first-order valence-electron chi connectivity index (χ1n) is 7.23. The highest BCUT2D eigenvalue weighted by atomic mass is 19.3. The molecule has 0 fully saturated rings. The number of carbonyl (C=O) groups is 1. The standard InChI is InChI=1S/C18H14F2N2O2/c1-18(19,20)14-6-3-7-15(11-14)22-9-8-16(21-22)12-4-2-5-13(10-12)17(23)24/h2-11H,1H3,(H,23,24). The van der Waals surface area contributed by atoms with Gasteiger partial charge in [0.05, 0.1) is 16.9 Å². The van der Waals surface area contributed by atoms with E-state index >= 15 is 0 Å². The molecular weight excluding hydrogens is 314 g/mol. The van der Waals surface area contributed by atoms with Crippen molar-refractivity contribution in [1.82, 2.24) is 9.78 Å². The maximum atomic E-state index is 13.5. The second-order valence-corrected chi connectivity index (χ2v) is 5.47. The number of nitrogens with zero attached hydrogens (tertiary/aromatic N) is 2. The Morgan fingerprint density at radius 3 is 2.58 bits per heavy atom. The second kappa shape index (κ2) is 5.88. The van der Waals surface area contributed by atoms with E-state index in [4.69, 9.17) is 5.11 Å². The number of carboxylic acids is 1. The average molecular weight is 328 g/mol. The van der Waals surface area contributed by atoms with Crippen LogP contribution in [0.1, 0.15) is 22.8 Å². The lowest BCUT2D eigenvalue weighted by atomic mass is 10.1. The van der Waals surface area contributed by atoms with Crippen LogP contribution in [0.4, 0.5) is 8.78 Å². The van der Waals surface area contributed by atoms with Crippen LogP contribution < -0.4 is 0 Å². The van der Waals surface area contributed by atoms with Crippen molar-refractivity contribution in [3.63, 3.8) is 0 Å². The first-order valence-corrected chi connectivity index (χ1v) is 7.23. The van der Waals surface area contributed by atoms with E-state index in [0.29, 0.717) is 16.9 Å². The van der Waals surface area contributed by atoms with Crippen molar-refractivity contribution in [2.75, 3.05) is 0 Å². The average Bonchev–Trinajstić information content (AvgIpc) is 3.04. The highest BCUT2D eigenvalue weighted by Gasteiger charge is 2.24. The van der Waals surface area contributed by atoms with E-state index in [-0.39, 0.29) is 11.1 Å². The molecule has 1 heterocycles. The molecule has 0 amide bonds. The second-order valence-electron chi connectivity index (χ2n) is 5.47. The summed E-state index contributed by atoms with van der Waals surface area (Å²) < 4.78 is 28.4. The van der Waals surface area contributed by atoms with E-state index in [1.165, 1.54) is 28.9 Å². The largest absolute Gasteiger partial charge is 0.478 e. The summed E-state index contributed by atoms with van der Waals surface area (Å²) in [6, 6.07) is 14.1. The van der Waals surface area contributed by atoms with E-state index in [2.05, 4.69) is 5.10 Å². The van der Waals surface area contributed by atoms with Gasteiger partial charge in [-0.25, -0.2) is 18.3 Å². The zero-order valence-corrected chi connectivity index (χ0v) is 12.8. The van der Waals surface area contributed by atoms with Crippen LogP contribution in [0.15, 0.2) is 60.8 Å². The molecule has 4 nitrogen and oxygen atoms in total. The number of aromatic carboxylic acids is 1. The number of alkyl halides is 2. The van der Waals surface area contributed by atoms with Crippen molar-refractivity contribution < 1.29 is 18.7 Å². The Hall–Kier alpha value is -3.02. The SMILES string of the molecule is CC(F)(F)c1cccc(-n2ccc(-c3cccc(C(=O)O)c3)n2)c1. The lowest BCUT2D eigenvalue weighted by Crippen LogP contribution is -2.08. The molecule has 0 spiro atoms. The predicted molar refractivity (Wildman–Crippen MR) is 85.5 cm³/mol. The summed E-state index contributed by atoms with van der Waals surface area (Å²) in [4.78, 5) is 11.0. The monoisotopic (exact) mass is 328 g/mol. The first-order chi connectivity index (χ1) is 11.3. The minimum Gasteiger partial charge on any atom is -0.478 e. The van der Waals surface area contributed by atoms with Gasteiger partial charge in [0.15, 0.2) is 0 Å². The third kappa shape index (κ3) is 3.17. The summed E-state index contributed by atoms with van der Waals surface area (Å²) in [7, 11) is 0. The normalized spacial score (nSPS) is 11.5.